The molecular formula is C4H16N4O3S. The van der Waals surface area contributed by atoms with Crippen molar-refractivity contribution in [3.05, 3.63) is 0 Å². The standard InChI is InChI=1S/C4H12N2O3S.H4N2/c5-2-1-4(3-6)10(7,8)9;1-2/h4H,1-3,5-6H2,(H,7,8,9);1-2H2. The Morgan fingerprint density at radius 1 is 1.25 bits per heavy atom. The van der Waals surface area contributed by atoms with Gasteiger partial charge in [-0.2, -0.15) is 8.42 Å². The average molecular weight is 200 g/mol. The van der Waals surface area contributed by atoms with Crippen molar-refractivity contribution in [2.75, 3.05) is 13.1 Å². The Morgan fingerprint density at radius 3 is 1.75 bits per heavy atom. The number of hydrogen-bond donors (Lipinski definition) is 5. The Hall–Kier alpha value is -0.250. The molecule has 1 atom stereocenters. The summed E-state index contributed by atoms with van der Waals surface area (Å²) in [5.41, 5.74) is 10.1. The molecule has 7 nitrogen and oxygen atoms in total. The molecule has 12 heavy (non-hydrogen) atoms. The van der Waals surface area contributed by atoms with Gasteiger partial charge in [-0.1, -0.05) is 0 Å². The van der Waals surface area contributed by atoms with Crippen molar-refractivity contribution < 1.29 is 13.0 Å². The number of hydrogen-bond acceptors (Lipinski definition) is 6. The average Bonchev–Trinajstić information content (AvgIpc) is 2.02. The van der Waals surface area contributed by atoms with Crippen LogP contribution in [0.25, 0.3) is 0 Å². The van der Waals surface area contributed by atoms with Crippen LogP contribution in [-0.2, 0) is 10.1 Å². The van der Waals surface area contributed by atoms with Gasteiger partial charge in [-0.05, 0) is 13.0 Å². The Balaban J connectivity index is 0. The summed E-state index contributed by atoms with van der Waals surface area (Å²) in [4.78, 5) is 0. The molecule has 8 heteroatoms. The second-order valence-corrected chi connectivity index (χ2v) is 3.65. The molecule has 0 spiro atoms. The van der Waals surface area contributed by atoms with Crippen LogP contribution in [0.1, 0.15) is 6.42 Å². The number of hydrazine groups is 1. The predicted molar refractivity (Wildman–Crippen MR) is 46.4 cm³/mol. The molecule has 0 aliphatic rings. The van der Waals surface area contributed by atoms with E-state index >= 15 is 0 Å². The van der Waals surface area contributed by atoms with E-state index in [0.29, 0.717) is 0 Å². The summed E-state index contributed by atoms with van der Waals surface area (Å²) in [5, 5.41) is -0.905. The zero-order valence-electron chi connectivity index (χ0n) is 6.68. The molecule has 0 radical (unpaired) electrons. The van der Waals surface area contributed by atoms with E-state index in [1.54, 1.807) is 0 Å². The maximum Gasteiger partial charge on any atom is 0.269 e. The molecule has 0 amide bonds. The third kappa shape index (κ3) is 6.46. The lowest BCUT2D eigenvalue weighted by Crippen LogP contribution is -2.31. The third-order valence-corrected chi connectivity index (χ3v) is 2.44. The van der Waals surface area contributed by atoms with Gasteiger partial charge in [0, 0.05) is 6.54 Å². The molecule has 0 rings (SSSR count). The first-order chi connectivity index (χ1) is 5.52. The quantitative estimate of drug-likeness (QED) is 0.188. The number of nitrogens with two attached hydrogens (primary N) is 4. The Morgan fingerprint density at radius 2 is 1.67 bits per heavy atom. The van der Waals surface area contributed by atoms with Crippen molar-refractivity contribution in [3.8, 4) is 0 Å². The highest BCUT2D eigenvalue weighted by molar-refractivity contribution is 7.86. The van der Waals surface area contributed by atoms with Gasteiger partial charge in [0.15, 0.2) is 0 Å². The molecule has 9 N–H and O–H groups in total. The van der Waals surface area contributed by atoms with E-state index in [1.165, 1.54) is 0 Å². The largest absolute Gasteiger partial charge is 0.330 e. The Bertz CT molecular complexity index is 181. The van der Waals surface area contributed by atoms with Gasteiger partial charge in [-0.15, -0.1) is 0 Å². The highest BCUT2D eigenvalue weighted by atomic mass is 32.2. The van der Waals surface area contributed by atoms with Crippen LogP contribution in [0.5, 0.6) is 0 Å². The maximum absolute atomic E-state index is 10.4. The molecule has 76 valence electrons. The van der Waals surface area contributed by atoms with Gasteiger partial charge in [0.25, 0.3) is 10.1 Å². The van der Waals surface area contributed by atoms with Gasteiger partial charge in [0.2, 0.25) is 0 Å². The van der Waals surface area contributed by atoms with E-state index in [1.807, 2.05) is 0 Å². The van der Waals surface area contributed by atoms with Crippen LogP contribution in [0.3, 0.4) is 0 Å². The summed E-state index contributed by atoms with van der Waals surface area (Å²) in [6.45, 7) is 0.123. The summed E-state index contributed by atoms with van der Waals surface area (Å²) < 4.78 is 29.2. The maximum atomic E-state index is 10.4. The van der Waals surface area contributed by atoms with Crippen molar-refractivity contribution >= 4 is 10.1 Å². The molecule has 1 unspecified atom stereocenters. The van der Waals surface area contributed by atoms with E-state index in [4.69, 9.17) is 16.0 Å². The zero-order chi connectivity index (χ0) is 10.2. The summed E-state index contributed by atoms with van der Waals surface area (Å²) in [6.07, 6.45) is 0.204. The van der Waals surface area contributed by atoms with Crippen molar-refractivity contribution in [1.82, 2.24) is 0 Å². The Labute approximate surface area is 71.8 Å². The van der Waals surface area contributed by atoms with Crippen molar-refractivity contribution in [1.29, 1.82) is 0 Å². The monoisotopic (exact) mass is 200 g/mol. The lowest BCUT2D eigenvalue weighted by atomic mass is 10.3. The minimum Gasteiger partial charge on any atom is -0.330 e. The van der Waals surface area contributed by atoms with Crippen LogP contribution in [0, 0.1) is 0 Å². The summed E-state index contributed by atoms with van der Waals surface area (Å²) in [7, 11) is -3.98. The fraction of sp³-hybridized carbons (Fsp3) is 1.00. The second-order valence-electron chi connectivity index (χ2n) is 1.95. The highest BCUT2D eigenvalue weighted by Crippen LogP contribution is 1.99. The van der Waals surface area contributed by atoms with E-state index in [-0.39, 0.29) is 19.5 Å². The molecule has 0 heterocycles. The smallest absolute Gasteiger partial charge is 0.269 e. The van der Waals surface area contributed by atoms with E-state index in [9.17, 15) is 8.42 Å². The van der Waals surface area contributed by atoms with Crippen molar-refractivity contribution in [2.45, 2.75) is 11.7 Å². The highest BCUT2D eigenvalue weighted by Gasteiger charge is 2.19. The van der Waals surface area contributed by atoms with Gasteiger partial charge >= 0.3 is 0 Å². The topological polar surface area (TPSA) is 158 Å². The van der Waals surface area contributed by atoms with Gasteiger partial charge in [0.05, 0.1) is 5.25 Å². The van der Waals surface area contributed by atoms with E-state index < -0.39 is 15.4 Å². The fourth-order valence-electron chi connectivity index (χ4n) is 0.574. The molecule has 0 aliphatic heterocycles. The molecular weight excluding hydrogens is 184 g/mol. The first kappa shape index (κ1) is 14.3. The molecule has 0 bridgehead atoms. The zero-order valence-corrected chi connectivity index (χ0v) is 7.50. The lowest BCUT2D eigenvalue weighted by Gasteiger charge is -2.08. The predicted octanol–water partition coefficient (Wildman–Crippen LogP) is -2.63. The van der Waals surface area contributed by atoms with Crippen LogP contribution >= 0.6 is 0 Å². The minimum absolute atomic E-state index is 0.0873. The summed E-state index contributed by atoms with van der Waals surface area (Å²) in [5.74, 6) is 8.00. The van der Waals surface area contributed by atoms with E-state index in [2.05, 4.69) is 11.7 Å². The summed E-state index contributed by atoms with van der Waals surface area (Å²) in [6, 6.07) is 0. The van der Waals surface area contributed by atoms with Crippen molar-refractivity contribution in [2.24, 2.45) is 23.2 Å². The van der Waals surface area contributed by atoms with Crippen LogP contribution in [0.2, 0.25) is 0 Å². The van der Waals surface area contributed by atoms with Gasteiger partial charge in [-0.3, -0.25) is 16.2 Å². The van der Waals surface area contributed by atoms with Crippen LogP contribution in [0.4, 0.5) is 0 Å². The third-order valence-electron chi connectivity index (χ3n) is 1.17. The van der Waals surface area contributed by atoms with Crippen molar-refractivity contribution in [3.63, 3.8) is 0 Å². The second kappa shape index (κ2) is 7.40. The molecule has 0 saturated carbocycles. The summed E-state index contributed by atoms with van der Waals surface area (Å²) >= 11 is 0. The fourth-order valence-corrected chi connectivity index (χ4v) is 1.25. The van der Waals surface area contributed by atoms with Crippen LogP contribution in [-0.4, -0.2) is 31.3 Å². The van der Waals surface area contributed by atoms with E-state index in [0.717, 1.165) is 0 Å². The molecule has 0 aromatic rings. The van der Waals surface area contributed by atoms with Crippen LogP contribution in [0.15, 0.2) is 0 Å². The first-order valence-electron chi connectivity index (χ1n) is 3.22. The molecule has 0 aromatic heterocycles. The molecule has 0 aromatic carbocycles. The molecule has 0 fully saturated rings. The molecule has 0 aliphatic carbocycles. The first-order valence-corrected chi connectivity index (χ1v) is 4.72. The lowest BCUT2D eigenvalue weighted by molar-refractivity contribution is 0.463. The van der Waals surface area contributed by atoms with Gasteiger partial charge in [0.1, 0.15) is 0 Å². The SMILES string of the molecule is NCCC(CN)S(=O)(=O)O.NN. The molecule has 0 saturated heterocycles. The van der Waals surface area contributed by atoms with Gasteiger partial charge < -0.3 is 11.5 Å². The minimum atomic E-state index is -3.98. The van der Waals surface area contributed by atoms with Gasteiger partial charge in [-0.25, -0.2) is 0 Å². The van der Waals surface area contributed by atoms with Crippen LogP contribution < -0.4 is 23.2 Å². The number of rotatable bonds is 4. The normalized spacial score (nSPS) is 13.1. The Kier molecular flexibility index (Phi) is 8.81.